The molecule has 0 aromatic carbocycles. The number of aryl methyl sites for hydroxylation is 1. The van der Waals surface area contributed by atoms with Crippen LogP contribution in [0, 0.1) is 5.92 Å². The average molecular weight is 237 g/mol. The fourth-order valence-corrected chi connectivity index (χ4v) is 2.60. The first-order valence-electron chi connectivity index (χ1n) is 6.80. The van der Waals surface area contributed by atoms with Crippen molar-refractivity contribution >= 4 is 0 Å². The van der Waals surface area contributed by atoms with Crippen molar-refractivity contribution in [3.8, 4) is 0 Å². The zero-order valence-corrected chi connectivity index (χ0v) is 10.9. The van der Waals surface area contributed by atoms with Crippen LogP contribution in [0.4, 0.5) is 0 Å². The minimum Gasteiger partial charge on any atom is -0.337 e. The van der Waals surface area contributed by atoms with E-state index in [9.17, 15) is 0 Å². The minimum atomic E-state index is -0.370. The number of nitrogens with zero attached hydrogens (tertiary/aromatic N) is 2. The number of rotatable bonds is 4. The van der Waals surface area contributed by atoms with Gasteiger partial charge in [0.1, 0.15) is 0 Å². The Hall–Kier alpha value is -0.900. The third kappa shape index (κ3) is 2.68. The highest BCUT2D eigenvalue weighted by molar-refractivity contribution is 5.04. The van der Waals surface area contributed by atoms with Gasteiger partial charge in [0.25, 0.3) is 0 Å². The zero-order chi connectivity index (χ0) is 12.3. The molecule has 1 aromatic rings. The molecule has 0 spiro atoms. The van der Waals surface area contributed by atoms with Gasteiger partial charge in [-0.05, 0) is 38.0 Å². The van der Waals surface area contributed by atoms with Gasteiger partial charge in [-0.15, -0.1) is 0 Å². The van der Waals surface area contributed by atoms with Crippen molar-refractivity contribution in [2.45, 2.75) is 64.3 Å². The molecular weight excluding hydrogens is 214 g/mol. The van der Waals surface area contributed by atoms with Gasteiger partial charge in [-0.3, -0.25) is 0 Å². The van der Waals surface area contributed by atoms with Gasteiger partial charge in [-0.1, -0.05) is 25.4 Å². The van der Waals surface area contributed by atoms with Crippen LogP contribution in [0.1, 0.15) is 64.1 Å². The van der Waals surface area contributed by atoms with Crippen molar-refractivity contribution in [2.24, 2.45) is 11.7 Å². The molecule has 1 saturated carbocycles. The van der Waals surface area contributed by atoms with E-state index >= 15 is 0 Å². The predicted octanol–water partition coefficient (Wildman–Crippen LogP) is 2.78. The monoisotopic (exact) mass is 237 g/mol. The van der Waals surface area contributed by atoms with Crippen LogP contribution in [0.3, 0.4) is 0 Å². The van der Waals surface area contributed by atoms with Crippen molar-refractivity contribution in [1.82, 2.24) is 10.1 Å². The van der Waals surface area contributed by atoms with Gasteiger partial charge in [-0.2, -0.15) is 4.98 Å². The van der Waals surface area contributed by atoms with E-state index in [0.717, 1.165) is 37.4 Å². The lowest BCUT2D eigenvalue weighted by Crippen LogP contribution is -2.40. The lowest BCUT2D eigenvalue weighted by molar-refractivity contribution is 0.181. The number of hydrogen-bond acceptors (Lipinski definition) is 4. The Morgan fingerprint density at radius 2 is 2.06 bits per heavy atom. The fraction of sp³-hybridized carbons (Fsp3) is 0.846. The Kier molecular flexibility index (Phi) is 3.82. The van der Waals surface area contributed by atoms with Crippen LogP contribution in [-0.4, -0.2) is 10.1 Å². The molecule has 0 unspecified atom stereocenters. The standard InChI is InChI=1S/C13H23N3O/c1-3-5-11-15-12(17-16-11)13(14)8-6-10(4-2)7-9-13/h10H,3-9,14H2,1-2H3. The van der Waals surface area contributed by atoms with Crippen LogP contribution in [0.5, 0.6) is 0 Å². The van der Waals surface area contributed by atoms with Gasteiger partial charge in [0, 0.05) is 6.42 Å². The highest BCUT2D eigenvalue weighted by Gasteiger charge is 2.37. The highest BCUT2D eigenvalue weighted by atomic mass is 16.5. The quantitative estimate of drug-likeness (QED) is 0.874. The van der Waals surface area contributed by atoms with E-state index in [0.29, 0.717) is 5.89 Å². The first-order valence-corrected chi connectivity index (χ1v) is 6.80. The van der Waals surface area contributed by atoms with Crippen molar-refractivity contribution in [2.75, 3.05) is 0 Å². The summed E-state index contributed by atoms with van der Waals surface area (Å²) in [5.41, 5.74) is 6.04. The summed E-state index contributed by atoms with van der Waals surface area (Å²) in [6.45, 7) is 4.36. The molecule has 1 heterocycles. The van der Waals surface area contributed by atoms with Gasteiger partial charge in [0.2, 0.25) is 5.89 Å². The number of nitrogens with two attached hydrogens (primary N) is 1. The Bertz CT molecular complexity index is 353. The van der Waals surface area contributed by atoms with Gasteiger partial charge in [0.05, 0.1) is 5.54 Å². The largest absolute Gasteiger partial charge is 0.337 e. The minimum absolute atomic E-state index is 0.370. The van der Waals surface area contributed by atoms with E-state index in [4.69, 9.17) is 10.3 Å². The summed E-state index contributed by atoms with van der Waals surface area (Å²) >= 11 is 0. The zero-order valence-electron chi connectivity index (χ0n) is 10.9. The molecule has 0 saturated heterocycles. The molecule has 0 aliphatic heterocycles. The van der Waals surface area contributed by atoms with Gasteiger partial charge < -0.3 is 10.3 Å². The van der Waals surface area contributed by atoms with Crippen molar-refractivity contribution < 1.29 is 4.52 Å². The van der Waals surface area contributed by atoms with E-state index < -0.39 is 0 Å². The van der Waals surface area contributed by atoms with E-state index in [-0.39, 0.29) is 5.54 Å². The maximum Gasteiger partial charge on any atom is 0.246 e. The molecule has 96 valence electrons. The van der Waals surface area contributed by atoms with Gasteiger partial charge in [-0.25, -0.2) is 0 Å². The molecule has 4 nitrogen and oxygen atoms in total. The van der Waals surface area contributed by atoms with Crippen LogP contribution in [-0.2, 0) is 12.0 Å². The summed E-state index contributed by atoms with van der Waals surface area (Å²) in [5.74, 6) is 2.27. The van der Waals surface area contributed by atoms with Crippen LogP contribution in [0.2, 0.25) is 0 Å². The molecule has 4 heteroatoms. The Morgan fingerprint density at radius 1 is 1.35 bits per heavy atom. The molecule has 2 rings (SSSR count). The second-order valence-corrected chi connectivity index (χ2v) is 5.27. The van der Waals surface area contributed by atoms with Crippen LogP contribution in [0.25, 0.3) is 0 Å². The normalized spacial score (nSPS) is 29.5. The molecule has 2 N–H and O–H groups in total. The number of hydrogen-bond donors (Lipinski definition) is 1. The topological polar surface area (TPSA) is 64.9 Å². The molecule has 0 bridgehead atoms. The van der Waals surface area contributed by atoms with Crippen molar-refractivity contribution in [1.29, 1.82) is 0 Å². The van der Waals surface area contributed by atoms with Crippen molar-refractivity contribution in [3.05, 3.63) is 11.7 Å². The maximum atomic E-state index is 6.41. The third-order valence-corrected chi connectivity index (χ3v) is 3.94. The summed E-state index contributed by atoms with van der Waals surface area (Å²) in [6, 6.07) is 0. The van der Waals surface area contributed by atoms with Crippen LogP contribution < -0.4 is 5.73 Å². The smallest absolute Gasteiger partial charge is 0.246 e. The lowest BCUT2D eigenvalue weighted by atomic mass is 9.76. The molecule has 1 aliphatic rings. The number of aromatic nitrogens is 2. The Morgan fingerprint density at radius 3 is 2.65 bits per heavy atom. The molecule has 0 atom stereocenters. The third-order valence-electron chi connectivity index (χ3n) is 3.94. The molecule has 17 heavy (non-hydrogen) atoms. The summed E-state index contributed by atoms with van der Waals surface area (Å²) in [4.78, 5) is 4.44. The molecule has 1 aliphatic carbocycles. The SMILES string of the molecule is CCCc1noc(C2(N)CCC(CC)CC2)n1. The Labute approximate surface area is 103 Å². The summed E-state index contributed by atoms with van der Waals surface area (Å²) in [5, 5.41) is 4.00. The maximum absolute atomic E-state index is 6.41. The van der Waals surface area contributed by atoms with Crippen LogP contribution in [0.15, 0.2) is 4.52 Å². The molecule has 1 aromatic heterocycles. The van der Waals surface area contributed by atoms with Crippen molar-refractivity contribution in [3.63, 3.8) is 0 Å². The van der Waals surface area contributed by atoms with E-state index in [1.165, 1.54) is 19.3 Å². The second-order valence-electron chi connectivity index (χ2n) is 5.27. The van der Waals surface area contributed by atoms with E-state index in [1.54, 1.807) is 0 Å². The van der Waals surface area contributed by atoms with Gasteiger partial charge >= 0.3 is 0 Å². The van der Waals surface area contributed by atoms with E-state index in [2.05, 4.69) is 24.0 Å². The van der Waals surface area contributed by atoms with Crippen LogP contribution >= 0.6 is 0 Å². The lowest BCUT2D eigenvalue weighted by Gasteiger charge is -2.33. The van der Waals surface area contributed by atoms with Gasteiger partial charge in [0.15, 0.2) is 5.82 Å². The fourth-order valence-electron chi connectivity index (χ4n) is 2.60. The second kappa shape index (κ2) is 5.17. The molecular formula is C13H23N3O. The predicted molar refractivity (Wildman–Crippen MR) is 66.4 cm³/mol. The Balaban J connectivity index is 2.05. The molecule has 0 amide bonds. The molecule has 1 fully saturated rings. The summed E-state index contributed by atoms with van der Waals surface area (Å²) < 4.78 is 5.34. The summed E-state index contributed by atoms with van der Waals surface area (Å²) in [6.07, 6.45) is 7.46. The van der Waals surface area contributed by atoms with E-state index in [1.807, 2.05) is 0 Å². The first kappa shape index (κ1) is 12.6. The average Bonchev–Trinajstić information content (AvgIpc) is 2.80. The highest BCUT2D eigenvalue weighted by Crippen LogP contribution is 2.37. The molecule has 0 radical (unpaired) electrons. The first-order chi connectivity index (χ1) is 8.18. The summed E-state index contributed by atoms with van der Waals surface area (Å²) in [7, 11) is 0.